The Labute approximate surface area is 97.4 Å². The second-order valence-electron chi connectivity index (χ2n) is 4.23. The van der Waals surface area contributed by atoms with Crippen LogP contribution in [0.1, 0.15) is 32.3 Å². The van der Waals surface area contributed by atoms with Gasteiger partial charge in [-0.05, 0) is 36.6 Å². The third-order valence-electron chi connectivity index (χ3n) is 2.50. The van der Waals surface area contributed by atoms with Gasteiger partial charge in [0.1, 0.15) is 0 Å². The Morgan fingerprint density at radius 3 is 2.73 bits per heavy atom. The molecule has 0 amide bonds. The largest absolute Gasteiger partial charge is 0.399 e. The Bertz CT molecular complexity index is 309. The lowest BCUT2D eigenvalue weighted by Crippen LogP contribution is -1.97. The minimum absolute atomic E-state index is 0.803. The first-order valence-electron chi connectivity index (χ1n) is 5.62. The zero-order valence-electron chi connectivity index (χ0n) is 9.92. The van der Waals surface area contributed by atoms with Gasteiger partial charge in [0, 0.05) is 16.3 Å². The normalized spacial score (nSPS) is 12.7. The predicted molar refractivity (Wildman–Crippen MR) is 70.4 cm³/mol. The van der Waals surface area contributed by atoms with Gasteiger partial charge in [0.15, 0.2) is 0 Å². The zero-order chi connectivity index (χ0) is 11.3. The van der Waals surface area contributed by atoms with Gasteiger partial charge in [-0.3, -0.25) is 0 Å². The van der Waals surface area contributed by atoms with Crippen LogP contribution < -0.4 is 5.73 Å². The van der Waals surface area contributed by atoms with Gasteiger partial charge >= 0.3 is 0 Å². The topological polar surface area (TPSA) is 26.0 Å². The van der Waals surface area contributed by atoms with Gasteiger partial charge in [0.2, 0.25) is 0 Å². The molecule has 1 rings (SSSR count). The fraction of sp³-hybridized carbons (Fsp3) is 0.538. The minimum atomic E-state index is 0.803. The van der Waals surface area contributed by atoms with Crippen LogP contribution in [-0.4, -0.2) is 5.75 Å². The first-order chi connectivity index (χ1) is 7.13. The Balaban J connectivity index is 2.50. The smallest absolute Gasteiger partial charge is 0.0317 e. The van der Waals surface area contributed by atoms with E-state index >= 15 is 0 Å². The summed E-state index contributed by atoms with van der Waals surface area (Å²) in [7, 11) is 0. The SMILES string of the molecule is CCCC(C)CSc1ccc(N)cc1C. The first kappa shape index (κ1) is 12.4. The summed E-state index contributed by atoms with van der Waals surface area (Å²) in [6, 6.07) is 6.17. The number of nitrogens with two attached hydrogens (primary N) is 1. The Morgan fingerprint density at radius 1 is 1.40 bits per heavy atom. The minimum Gasteiger partial charge on any atom is -0.399 e. The summed E-state index contributed by atoms with van der Waals surface area (Å²) in [4.78, 5) is 1.37. The second kappa shape index (κ2) is 6.06. The number of benzene rings is 1. The third kappa shape index (κ3) is 4.17. The molecule has 1 unspecified atom stereocenters. The van der Waals surface area contributed by atoms with Gasteiger partial charge in [-0.2, -0.15) is 0 Å². The summed E-state index contributed by atoms with van der Waals surface area (Å²) < 4.78 is 0. The van der Waals surface area contributed by atoms with Crippen LogP contribution in [0.25, 0.3) is 0 Å². The molecule has 0 saturated carbocycles. The van der Waals surface area contributed by atoms with E-state index in [2.05, 4.69) is 26.8 Å². The van der Waals surface area contributed by atoms with E-state index in [1.807, 2.05) is 23.9 Å². The van der Waals surface area contributed by atoms with E-state index in [4.69, 9.17) is 5.73 Å². The van der Waals surface area contributed by atoms with E-state index in [1.54, 1.807) is 0 Å². The monoisotopic (exact) mass is 223 g/mol. The highest BCUT2D eigenvalue weighted by molar-refractivity contribution is 7.99. The molecule has 84 valence electrons. The highest BCUT2D eigenvalue weighted by Crippen LogP contribution is 2.26. The predicted octanol–water partition coefficient (Wildman–Crippen LogP) is 4.11. The summed E-state index contributed by atoms with van der Waals surface area (Å²) in [5, 5.41) is 0. The summed E-state index contributed by atoms with van der Waals surface area (Å²) in [5.74, 6) is 2.01. The van der Waals surface area contributed by atoms with Gasteiger partial charge in [-0.15, -0.1) is 11.8 Å². The summed E-state index contributed by atoms with van der Waals surface area (Å²) in [6.07, 6.45) is 2.60. The lowest BCUT2D eigenvalue weighted by Gasteiger charge is -2.11. The maximum absolute atomic E-state index is 5.72. The van der Waals surface area contributed by atoms with Crippen molar-refractivity contribution in [1.82, 2.24) is 0 Å². The van der Waals surface area contributed by atoms with Crippen molar-refractivity contribution < 1.29 is 0 Å². The van der Waals surface area contributed by atoms with Crippen molar-refractivity contribution in [3.8, 4) is 0 Å². The van der Waals surface area contributed by atoms with Crippen molar-refractivity contribution in [2.45, 2.75) is 38.5 Å². The molecule has 1 aromatic carbocycles. The quantitative estimate of drug-likeness (QED) is 0.600. The third-order valence-corrected chi connectivity index (χ3v) is 4.01. The van der Waals surface area contributed by atoms with Crippen molar-refractivity contribution in [2.75, 3.05) is 11.5 Å². The lowest BCUT2D eigenvalue weighted by atomic mass is 10.1. The first-order valence-corrected chi connectivity index (χ1v) is 6.61. The standard InChI is InChI=1S/C13H21NS/c1-4-5-10(2)9-15-13-7-6-12(14)8-11(13)3/h6-8,10H,4-5,9,14H2,1-3H3. The Morgan fingerprint density at radius 2 is 2.13 bits per heavy atom. The van der Waals surface area contributed by atoms with Crippen LogP contribution in [0.15, 0.2) is 23.1 Å². The zero-order valence-corrected chi connectivity index (χ0v) is 10.7. The molecular formula is C13H21NS. The van der Waals surface area contributed by atoms with Gasteiger partial charge < -0.3 is 5.73 Å². The summed E-state index contributed by atoms with van der Waals surface area (Å²) in [5.41, 5.74) is 7.88. The molecule has 2 N–H and O–H groups in total. The molecule has 0 aliphatic carbocycles. The molecular weight excluding hydrogens is 202 g/mol. The van der Waals surface area contributed by atoms with E-state index in [0.717, 1.165) is 11.6 Å². The van der Waals surface area contributed by atoms with Crippen LogP contribution in [0, 0.1) is 12.8 Å². The molecule has 1 atom stereocenters. The van der Waals surface area contributed by atoms with E-state index in [-0.39, 0.29) is 0 Å². The fourth-order valence-electron chi connectivity index (χ4n) is 1.64. The molecule has 0 aromatic heterocycles. The van der Waals surface area contributed by atoms with E-state index in [1.165, 1.54) is 29.1 Å². The second-order valence-corrected chi connectivity index (χ2v) is 5.29. The number of anilines is 1. The van der Waals surface area contributed by atoms with Gasteiger partial charge in [-0.25, -0.2) is 0 Å². The van der Waals surface area contributed by atoms with Crippen molar-refractivity contribution in [2.24, 2.45) is 5.92 Å². The molecule has 0 saturated heterocycles. The lowest BCUT2D eigenvalue weighted by molar-refractivity contribution is 0.585. The van der Waals surface area contributed by atoms with Crippen LogP contribution in [0.5, 0.6) is 0 Å². The summed E-state index contributed by atoms with van der Waals surface area (Å²) >= 11 is 1.95. The molecule has 0 fully saturated rings. The van der Waals surface area contributed by atoms with Crippen molar-refractivity contribution in [3.05, 3.63) is 23.8 Å². The van der Waals surface area contributed by atoms with Crippen molar-refractivity contribution >= 4 is 17.4 Å². The van der Waals surface area contributed by atoms with Crippen LogP contribution >= 0.6 is 11.8 Å². The molecule has 0 aliphatic heterocycles. The Hall–Kier alpha value is -0.630. The number of thioether (sulfide) groups is 1. The average Bonchev–Trinajstić information content (AvgIpc) is 2.17. The number of nitrogen functional groups attached to an aromatic ring is 1. The van der Waals surface area contributed by atoms with Gasteiger partial charge in [-0.1, -0.05) is 26.7 Å². The number of hydrogen-bond acceptors (Lipinski definition) is 2. The molecule has 15 heavy (non-hydrogen) atoms. The maximum atomic E-state index is 5.72. The van der Waals surface area contributed by atoms with Crippen LogP contribution in [0.2, 0.25) is 0 Å². The van der Waals surface area contributed by atoms with Gasteiger partial charge in [0.25, 0.3) is 0 Å². The fourth-order valence-corrected chi connectivity index (χ4v) is 2.72. The highest BCUT2D eigenvalue weighted by Gasteiger charge is 2.04. The molecule has 1 aromatic rings. The van der Waals surface area contributed by atoms with E-state index < -0.39 is 0 Å². The summed E-state index contributed by atoms with van der Waals surface area (Å²) in [6.45, 7) is 6.70. The van der Waals surface area contributed by atoms with E-state index in [0.29, 0.717) is 0 Å². The molecule has 0 radical (unpaired) electrons. The molecule has 0 bridgehead atoms. The molecule has 0 heterocycles. The van der Waals surface area contributed by atoms with Crippen molar-refractivity contribution in [3.63, 3.8) is 0 Å². The molecule has 1 nitrogen and oxygen atoms in total. The number of aryl methyl sites for hydroxylation is 1. The maximum Gasteiger partial charge on any atom is 0.0317 e. The highest BCUT2D eigenvalue weighted by atomic mass is 32.2. The Kier molecular flexibility index (Phi) is 5.03. The molecule has 0 spiro atoms. The average molecular weight is 223 g/mol. The molecule has 2 heteroatoms. The molecule has 0 aliphatic rings. The van der Waals surface area contributed by atoms with Crippen LogP contribution in [0.3, 0.4) is 0 Å². The van der Waals surface area contributed by atoms with Crippen LogP contribution in [0.4, 0.5) is 5.69 Å². The van der Waals surface area contributed by atoms with Gasteiger partial charge in [0.05, 0.1) is 0 Å². The van der Waals surface area contributed by atoms with E-state index in [9.17, 15) is 0 Å². The van der Waals surface area contributed by atoms with Crippen molar-refractivity contribution in [1.29, 1.82) is 0 Å². The number of rotatable bonds is 5. The number of hydrogen-bond donors (Lipinski definition) is 1. The van der Waals surface area contributed by atoms with Crippen LogP contribution in [-0.2, 0) is 0 Å².